The van der Waals surface area contributed by atoms with Crippen molar-refractivity contribution in [3.05, 3.63) is 6.92 Å². The average molecular weight is 1010 g/mol. The van der Waals surface area contributed by atoms with Gasteiger partial charge in [-0.3, -0.25) is 9.59 Å². The van der Waals surface area contributed by atoms with Gasteiger partial charge in [-0.05, 0) is 71.0 Å². The van der Waals surface area contributed by atoms with Crippen LogP contribution in [0.3, 0.4) is 0 Å². The van der Waals surface area contributed by atoms with Crippen molar-refractivity contribution in [2.75, 3.05) is 32.8 Å². The van der Waals surface area contributed by atoms with Gasteiger partial charge in [0.2, 0.25) is 0 Å². The maximum absolute atomic E-state index is 12.9. The van der Waals surface area contributed by atoms with E-state index in [4.69, 9.17) is 9.47 Å². The number of unbranched alkanes of at least 4 members (excludes halogenated alkanes) is 35. The van der Waals surface area contributed by atoms with E-state index in [0.29, 0.717) is 13.2 Å². The van der Waals surface area contributed by atoms with E-state index in [1.54, 1.807) is 0 Å². The summed E-state index contributed by atoms with van der Waals surface area (Å²) in [6.45, 7) is 18.2. The Kier molecular flexibility index (Phi) is 58.6. The first-order valence-corrected chi connectivity index (χ1v) is 29.9. The van der Waals surface area contributed by atoms with E-state index in [0.717, 1.165) is 44.9 Å². The molecule has 0 aliphatic heterocycles. The molecule has 0 aromatic rings. The molecule has 0 saturated carbocycles. The second-order valence-corrected chi connectivity index (χ2v) is 20.7. The van der Waals surface area contributed by atoms with Crippen LogP contribution in [0.1, 0.15) is 323 Å². The number of rotatable bonds is 55. The number of nitrogens with zero attached hydrogens (tertiary/aromatic N) is 1. The molecule has 2 unspecified atom stereocenters. The third-order valence-electron chi connectivity index (χ3n) is 14.2. The van der Waals surface area contributed by atoms with Crippen LogP contribution in [-0.2, 0) is 40.1 Å². The van der Waals surface area contributed by atoms with E-state index in [9.17, 15) is 9.59 Å². The van der Waals surface area contributed by atoms with E-state index >= 15 is 0 Å². The van der Waals surface area contributed by atoms with Gasteiger partial charge >= 0.3 is 11.9 Å². The van der Waals surface area contributed by atoms with E-state index in [1.807, 2.05) is 0 Å². The number of carbonyl (C=O) groups excluding carboxylic acids is 2. The molecular weight excluding hydrogens is 895 g/mol. The Morgan fingerprint density at radius 3 is 0.848 bits per heavy atom. The van der Waals surface area contributed by atoms with Gasteiger partial charge in [0.25, 0.3) is 0 Å². The number of hydrogen-bond donors (Lipinski definition) is 0. The first-order valence-electron chi connectivity index (χ1n) is 29.9. The maximum Gasteiger partial charge on any atom is 0.308 e. The number of esters is 2. The van der Waals surface area contributed by atoms with Crippen LogP contribution in [0.15, 0.2) is 0 Å². The molecule has 66 heavy (non-hydrogen) atoms. The Bertz CT molecular complexity index is 878. The molecule has 0 saturated heterocycles. The Balaban J connectivity index is 0. The van der Waals surface area contributed by atoms with Crippen LogP contribution in [0, 0.1) is 18.8 Å². The van der Waals surface area contributed by atoms with Crippen molar-refractivity contribution in [3.8, 4) is 0 Å². The SMILES string of the molecule is [CH2-]CCCN(CCCCCCCCCCCCOC(=O)C(CCCCCC)CCCCCCCC)CCCCCCCCCCCCOC(=O)C(CCCCCC)CCCCCCCC.[Mo]. The molecule has 0 radical (unpaired) electrons. The summed E-state index contributed by atoms with van der Waals surface area (Å²) < 4.78 is 11.6. The van der Waals surface area contributed by atoms with Crippen LogP contribution >= 0.6 is 0 Å². The Morgan fingerprint density at radius 1 is 0.333 bits per heavy atom. The fourth-order valence-electron chi connectivity index (χ4n) is 9.69. The van der Waals surface area contributed by atoms with Gasteiger partial charge in [-0.2, -0.15) is 6.42 Å². The summed E-state index contributed by atoms with van der Waals surface area (Å²) in [5.41, 5.74) is 0. The minimum Gasteiger partial charge on any atom is -0.465 e. The van der Waals surface area contributed by atoms with Gasteiger partial charge in [0.05, 0.1) is 25.0 Å². The summed E-state index contributed by atoms with van der Waals surface area (Å²) in [5.74, 6) is 0.436. The zero-order chi connectivity index (χ0) is 47.4. The van der Waals surface area contributed by atoms with Gasteiger partial charge in [-0.1, -0.05) is 265 Å². The zero-order valence-corrected chi connectivity index (χ0v) is 47.4. The van der Waals surface area contributed by atoms with E-state index < -0.39 is 0 Å². The van der Waals surface area contributed by atoms with Gasteiger partial charge in [0, 0.05) is 21.1 Å². The van der Waals surface area contributed by atoms with Crippen LogP contribution in [-0.4, -0.2) is 49.7 Å². The second-order valence-electron chi connectivity index (χ2n) is 20.7. The number of ether oxygens (including phenoxy) is 2. The topological polar surface area (TPSA) is 55.8 Å². The van der Waals surface area contributed by atoms with Crippen LogP contribution < -0.4 is 0 Å². The monoisotopic (exact) mass is 1010 g/mol. The molecule has 394 valence electrons. The van der Waals surface area contributed by atoms with Crippen molar-refractivity contribution in [1.82, 2.24) is 4.90 Å². The number of hydrogen-bond acceptors (Lipinski definition) is 5. The molecule has 0 bridgehead atoms. The van der Waals surface area contributed by atoms with Crippen molar-refractivity contribution in [1.29, 1.82) is 0 Å². The standard InChI is InChI=1S/C60H118NO4.Mo/c1-6-11-16-20-34-42-50-57(48-40-18-13-8-3)59(62)64-55-46-38-32-28-24-22-26-30-36-44-53-61(52-15-10-5)54-45-37-31-27-23-25-29-33-39-47-56-65-60(63)58(49-41-19-14-9-4)51-43-35-21-17-12-7-2;/h57-58H,5-56H2,1-4H3;/q-1;. The van der Waals surface area contributed by atoms with Gasteiger partial charge in [0.15, 0.2) is 0 Å². The largest absolute Gasteiger partial charge is 0.465 e. The molecule has 0 aromatic carbocycles. The maximum atomic E-state index is 12.9. The van der Waals surface area contributed by atoms with Gasteiger partial charge in [-0.25, -0.2) is 0 Å². The molecule has 0 spiro atoms. The van der Waals surface area contributed by atoms with E-state index in [1.165, 1.54) is 270 Å². The van der Waals surface area contributed by atoms with Crippen LogP contribution in [0.25, 0.3) is 0 Å². The van der Waals surface area contributed by atoms with Crippen molar-refractivity contribution < 1.29 is 40.1 Å². The van der Waals surface area contributed by atoms with E-state index in [2.05, 4.69) is 39.5 Å². The summed E-state index contributed by atoms with van der Waals surface area (Å²) in [6, 6.07) is 0. The smallest absolute Gasteiger partial charge is 0.308 e. The Hall–Kier alpha value is -0.412. The van der Waals surface area contributed by atoms with Gasteiger partial charge in [0.1, 0.15) is 0 Å². The second kappa shape index (κ2) is 57.2. The normalized spacial score (nSPS) is 12.4. The average Bonchev–Trinajstić information content (AvgIpc) is 3.31. The van der Waals surface area contributed by atoms with Crippen molar-refractivity contribution in [2.45, 2.75) is 323 Å². The summed E-state index contributed by atoms with van der Waals surface area (Å²) >= 11 is 0. The van der Waals surface area contributed by atoms with Crippen molar-refractivity contribution in [2.24, 2.45) is 11.8 Å². The molecule has 0 aliphatic rings. The molecule has 0 amide bonds. The Labute approximate surface area is 429 Å². The van der Waals surface area contributed by atoms with Crippen LogP contribution in [0.2, 0.25) is 0 Å². The fourth-order valence-corrected chi connectivity index (χ4v) is 9.69. The molecule has 0 N–H and O–H groups in total. The first-order chi connectivity index (χ1) is 32.0. The van der Waals surface area contributed by atoms with Crippen LogP contribution in [0.5, 0.6) is 0 Å². The summed E-state index contributed by atoms with van der Waals surface area (Å²) in [7, 11) is 0. The fraction of sp³-hybridized carbons (Fsp3) is 0.950. The minimum absolute atomic E-state index is 0. The van der Waals surface area contributed by atoms with Gasteiger partial charge in [-0.15, -0.1) is 0 Å². The molecule has 2 atom stereocenters. The quantitative estimate of drug-likeness (QED) is 0.0263. The summed E-state index contributed by atoms with van der Waals surface area (Å²) in [5, 5.41) is 0. The predicted molar refractivity (Wildman–Crippen MR) is 286 cm³/mol. The molecule has 0 heterocycles. The number of carbonyl (C=O) groups is 2. The molecule has 0 fully saturated rings. The Morgan fingerprint density at radius 2 is 0.561 bits per heavy atom. The summed E-state index contributed by atoms with van der Waals surface area (Å²) in [6.07, 6.45) is 57.7. The zero-order valence-electron chi connectivity index (χ0n) is 45.4. The third kappa shape index (κ3) is 48.6. The van der Waals surface area contributed by atoms with Gasteiger partial charge < -0.3 is 21.3 Å². The molecule has 0 aromatic heterocycles. The molecular formula is C60H118MoNO4-. The predicted octanol–water partition coefficient (Wildman–Crippen LogP) is 19.5. The summed E-state index contributed by atoms with van der Waals surface area (Å²) in [4.78, 5) is 28.6. The minimum atomic E-state index is 0. The molecule has 0 rings (SSSR count). The van der Waals surface area contributed by atoms with Crippen LogP contribution in [0.4, 0.5) is 0 Å². The third-order valence-corrected chi connectivity index (χ3v) is 14.2. The van der Waals surface area contributed by atoms with Crippen molar-refractivity contribution >= 4 is 11.9 Å². The first kappa shape index (κ1) is 67.7. The van der Waals surface area contributed by atoms with Crippen molar-refractivity contribution in [3.63, 3.8) is 0 Å². The van der Waals surface area contributed by atoms with E-state index in [-0.39, 0.29) is 44.8 Å². The molecule has 5 nitrogen and oxygen atoms in total. The molecule has 6 heteroatoms. The molecule has 0 aliphatic carbocycles.